The van der Waals surface area contributed by atoms with Crippen LogP contribution in [0.4, 0.5) is 8.78 Å². The lowest BCUT2D eigenvalue weighted by atomic mass is 10.1. The van der Waals surface area contributed by atoms with Crippen molar-refractivity contribution in [2.75, 3.05) is 0 Å². The maximum absolute atomic E-state index is 13.3. The third-order valence-electron chi connectivity index (χ3n) is 1.75. The van der Waals surface area contributed by atoms with Crippen LogP contribution in [-0.4, -0.2) is 10.7 Å². The fourth-order valence-corrected chi connectivity index (χ4v) is 0.962. The molecule has 0 amide bonds. The Morgan fingerprint density at radius 1 is 1.20 bits per heavy atom. The minimum absolute atomic E-state index is 0.0415. The average Bonchev–Trinajstić information content (AvgIpc) is 2.07. The van der Waals surface area contributed by atoms with Gasteiger partial charge in [-0.05, 0) is 38.5 Å². The van der Waals surface area contributed by atoms with Gasteiger partial charge in [0.2, 0.25) is 0 Å². The molecule has 0 aromatic heterocycles. The van der Waals surface area contributed by atoms with Gasteiger partial charge in [-0.3, -0.25) is 0 Å². The minimum atomic E-state index is -1.21. The summed E-state index contributed by atoms with van der Waals surface area (Å²) in [5.41, 5.74) is -1.02. The molecule has 0 saturated heterocycles. The largest absolute Gasteiger partial charge is 0.378 e. The lowest BCUT2D eigenvalue weighted by molar-refractivity contribution is 0.143. The SMILES string of the molecule is Cc1cc(F)c(C#CC(C)(C)O)cc1F. The van der Waals surface area contributed by atoms with Crippen molar-refractivity contribution in [2.45, 2.75) is 26.4 Å². The first kappa shape index (κ1) is 11.7. The van der Waals surface area contributed by atoms with Gasteiger partial charge < -0.3 is 5.11 Å². The topological polar surface area (TPSA) is 20.2 Å². The van der Waals surface area contributed by atoms with E-state index in [9.17, 15) is 13.9 Å². The van der Waals surface area contributed by atoms with Crippen molar-refractivity contribution in [3.8, 4) is 11.8 Å². The van der Waals surface area contributed by atoms with Crippen LogP contribution in [-0.2, 0) is 0 Å². The van der Waals surface area contributed by atoms with Gasteiger partial charge in [-0.15, -0.1) is 0 Å². The highest BCUT2D eigenvalue weighted by molar-refractivity contribution is 5.39. The molecule has 0 heterocycles. The molecule has 0 fully saturated rings. The summed E-state index contributed by atoms with van der Waals surface area (Å²) in [6.45, 7) is 4.43. The number of aryl methyl sites for hydroxylation is 1. The first-order valence-corrected chi connectivity index (χ1v) is 4.51. The summed E-state index contributed by atoms with van der Waals surface area (Å²) >= 11 is 0. The van der Waals surface area contributed by atoms with E-state index in [0.29, 0.717) is 0 Å². The molecule has 0 spiro atoms. The van der Waals surface area contributed by atoms with Gasteiger partial charge in [-0.1, -0.05) is 11.8 Å². The molecule has 1 N–H and O–H groups in total. The van der Waals surface area contributed by atoms with Crippen LogP contribution < -0.4 is 0 Å². The molecule has 0 aliphatic carbocycles. The summed E-state index contributed by atoms with van der Waals surface area (Å²) in [7, 11) is 0. The molecule has 1 aromatic carbocycles. The van der Waals surface area contributed by atoms with Gasteiger partial charge in [-0.2, -0.15) is 0 Å². The van der Waals surface area contributed by atoms with Crippen molar-refractivity contribution in [2.24, 2.45) is 0 Å². The van der Waals surface area contributed by atoms with E-state index in [4.69, 9.17) is 0 Å². The van der Waals surface area contributed by atoms with E-state index >= 15 is 0 Å². The van der Waals surface area contributed by atoms with Crippen LogP contribution in [0.25, 0.3) is 0 Å². The Morgan fingerprint density at radius 2 is 1.80 bits per heavy atom. The summed E-state index contributed by atoms with van der Waals surface area (Å²) in [5, 5.41) is 9.30. The van der Waals surface area contributed by atoms with Gasteiger partial charge in [-0.25, -0.2) is 8.78 Å². The van der Waals surface area contributed by atoms with E-state index in [1.54, 1.807) is 0 Å². The van der Waals surface area contributed by atoms with Gasteiger partial charge in [0.25, 0.3) is 0 Å². The molecular formula is C12H12F2O. The molecule has 0 aliphatic rings. The standard InChI is InChI=1S/C12H12F2O/c1-8-6-11(14)9(7-10(8)13)4-5-12(2,3)15/h6-7,15H,1-3H3. The molecule has 0 atom stereocenters. The normalized spacial score (nSPS) is 10.8. The number of rotatable bonds is 0. The number of hydrogen-bond donors (Lipinski definition) is 1. The highest BCUT2D eigenvalue weighted by Gasteiger charge is 2.08. The Hall–Kier alpha value is -1.40. The second-order valence-electron chi connectivity index (χ2n) is 3.89. The van der Waals surface area contributed by atoms with E-state index in [2.05, 4.69) is 11.8 Å². The average molecular weight is 210 g/mol. The fraction of sp³-hybridized carbons (Fsp3) is 0.333. The lowest BCUT2D eigenvalue weighted by Gasteiger charge is -2.06. The third-order valence-corrected chi connectivity index (χ3v) is 1.75. The Kier molecular flexibility index (Phi) is 3.11. The van der Waals surface area contributed by atoms with Gasteiger partial charge in [0, 0.05) is 0 Å². The molecule has 0 bridgehead atoms. The molecular weight excluding hydrogens is 198 g/mol. The first-order valence-electron chi connectivity index (χ1n) is 4.51. The highest BCUT2D eigenvalue weighted by atomic mass is 19.1. The van der Waals surface area contributed by atoms with Crippen LogP contribution >= 0.6 is 0 Å². The van der Waals surface area contributed by atoms with E-state index in [1.165, 1.54) is 20.8 Å². The number of hydrogen-bond acceptors (Lipinski definition) is 1. The maximum Gasteiger partial charge on any atom is 0.139 e. The quantitative estimate of drug-likeness (QED) is 0.652. The summed E-state index contributed by atoms with van der Waals surface area (Å²) < 4.78 is 26.3. The van der Waals surface area contributed by atoms with Crippen molar-refractivity contribution in [1.29, 1.82) is 0 Å². The Labute approximate surface area is 87.7 Å². The highest BCUT2D eigenvalue weighted by Crippen LogP contribution is 2.13. The molecule has 1 rings (SSSR count). The number of aliphatic hydroxyl groups is 1. The molecule has 80 valence electrons. The maximum atomic E-state index is 13.3. The summed E-state index contributed by atoms with van der Waals surface area (Å²) in [5.74, 6) is 3.75. The van der Waals surface area contributed by atoms with Crippen molar-refractivity contribution in [3.05, 3.63) is 34.9 Å². The van der Waals surface area contributed by atoms with Gasteiger partial charge >= 0.3 is 0 Å². The zero-order valence-electron chi connectivity index (χ0n) is 8.86. The Bertz CT molecular complexity index is 433. The molecule has 1 aromatic rings. The van der Waals surface area contributed by atoms with Crippen molar-refractivity contribution in [1.82, 2.24) is 0 Å². The molecule has 3 heteroatoms. The van der Waals surface area contributed by atoms with Crippen LogP contribution in [0.2, 0.25) is 0 Å². The molecule has 1 nitrogen and oxygen atoms in total. The molecule has 0 radical (unpaired) electrons. The predicted molar refractivity (Wildman–Crippen MR) is 54.3 cm³/mol. The van der Waals surface area contributed by atoms with Crippen LogP contribution in [0.3, 0.4) is 0 Å². The van der Waals surface area contributed by atoms with E-state index in [1.807, 2.05) is 0 Å². The predicted octanol–water partition coefficient (Wildman–Crippen LogP) is 2.40. The number of benzene rings is 1. The summed E-state index contributed by atoms with van der Waals surface area (Å²) in [6.07, 6.45) is 0. The van der Waals surface area contributed by atoms with E-state index < -0.39 is 17.2 Å². The van der Waals surface area contributed by atoms with E-state index in [0.717, 1.165) is 12.1 Å². The number of halogens is 2. The van der Waals surface area contributed by atoms with Crippen LogP contribution in [0.5, 0.6) is 0 Å². The second kappa shape index (κ2) is 4.00. The molecule has 0 aliphatic heterocycles. The van der Waals surface area contributed by atoms with Crippen molar-refractivity contribution < 1.29 is 13.9 Å². The van der Waals surface area contributed by atoms with Crippen LogP contribution in [0.1, 0.15) is 25.0 Å². The van der Waals surface area contributed by atoms with Gasteiger partial charge in [0.1, 0.15) is 17.2 Å². The van der Waals surface area contributed by atoms with Crippen molar-refractivity contribution >= 4 is 0 Å². The monoisotopic (exact) mass is 210 g/mol. The second-order valence-corrected chi connectivity index (χ2v) is 3.89. The minimum Gasteiger partial charge on any atom is -0.378 e. The Balaban J connectivity index is 3.15. The van der Waals surface area contributed by atoms with E-state index in [-0.39, 0.29) is 11.1 Å². The van der Waals surface area contributed by atoms with Crippen molar-refractivity contribution in [3.63, 3.8) is 0 Å². The third kappa shape index (κ3) is 3.34. The van der Waals surface area contributed by atoms with Gasteiger partial charge in [0.05, 0.1) is 5.56 Å². The lowest BCUT2D eigenvalue weighted by Crippen LogP contribution is -2.14. The smallest absolute Gasteiger partial charge is 0.139 e. The van der Waals surface area contributed by atoms with Gasteiger partial charge in [0.15, 0.2) is 0 Å². The molecule has 15 heavy (non-hydrogen) atoms. The summed E-state index contributed by atoms with van der Waals surface area (Å²) in [6, 6.07) is 2.12. The van der Waals surface area contributed by atoms with Crippen LogP contribution in [0, 0.1) is 30.4 Å². The zero-order valence-corrected chi connectivity index (χ0v) is 8.86. The van der Waals surface area contributed by atoms with Crippen LogP contribution in [0.15, 0.2) is 12.1 Å². The first-order chi connectivity index (χ1) is 6.79. The molecule has 0 saturated carbocycles. The summed E-state index contributed by atoms with van der Waals surface area (Å²) in [4.78, 5) is 0. The fourth-order valence-electron chi connectivity index (χ4n) is 0.962. The molecule has 0 unspecified atom stereocenters. The zero-order chi connectivity index (χ0) is 11.6. The Morgan fingerprint density at radius 3 is 2.33 bits per heavy atom.